The first-order chi connectivity index (χ1) is 9.50. The summed E-state index contributed by atoms with van der Waals surface area (Å²) in [4.78, 5) is 0.377. The van der Waals surface area contributed by atoms with Crippen LogP contribution in [0.15, 0.2) is 29.2 Å². The van der Waals surface area contributed by atoms with Crippen molar-refractivity contribution < 1.29 is 8.42 Å². The maximum atomic E-state index is 12.8. The Morgan fingerprint density at radius 3 is 2.50 bits per heavy atom. The Balaban J connectivity index is 2.32. The molecule has 0 amide bonds. The molecule has 1 aromatic rings. The van der Waals surface area contributed by atoms with E-state index in [4.69, 9.17) is 5.73 Å². The van der Waals surface area contributed by atoms with Gasteiger partial charge in [-0.25, -0.2) is 8.42 Å². The van der Waals surface area contributed by atoms with Crippen molar-refractivity contribution in [3.05, 3.63) is 29.8 Å². The molecule has 0 aromatic heterocycles. The van der Waals surface area contributed by atoms with Gasteiger partial charge >= 0.3 is 0 Å². The molecule has 0 aliphatic carbocycles. The molecule has 1 saturated heterocycles. The minimum Gasteiger partial charge on any atom is -0.329 e. The van der Waals surface area contributed by atoms with Gasteiger partial charge in [0.15, 0.2) is 0 Å². The van der Waals surface area contributed by atoms with E-state index in [1.165, 1.54) is 0 Å². The fourth-order valence-electron chi connectivity index (χ4n) is 2.89. The monoisotopic (exact) mass is 296 g/mol. The van der Waals surface area contributed by atoms with Crippen molar-refractivity contribution >= 4 is 10.0 Å². The number of rotatable bonds is 4. The first-order valence-corrected chi connectivity index (χ1v) is 8.75. The maximum absolute atomic E-state index is 12.8. The Morgan fingerprint density at radius 2 is 1.95 bits per heavy atom. The van der Waals surface area contributed by atoms with Gasteiger partial charge in [-0.3, -0.25) is 0 Å². The molecule has 2 unspecified atom stereocenters. The molecule has 0 radical (unpaired) electrons. The summed E-state index contributed by atoms with van der Waals surface area (Å²) in [5.41, 5.74) is 6.94. The molecule has 1 heterocycles. The lowest BCUT2D eigenvalue weighted by Crippen LogP contribution is -2.51. The topological polar surface area (TPSA) is 63.4 Å². The number of sulfonamides is 1. The van der Waals surface area contributed by atoms with Gasteiger partial charge in [0, 0.05) is 19.1 Å². The third-order valence-corrected chi connectivity index (χ3v) is 6.18. The smallest absolute Gasteiger partial charge is 0.243 e. The highest BCUT2D eigenvalue weighted by Crippen LogP contribution is 2.28. The number of hydrogen-bond acceptors (Lipinski definition) is 3. The highest BCUT2D eigenvalue weighted by atomic mass is 32.2. The zero-order valence-electron chi connectivity index (χ0n) is 12.2. The number of benzene rings is 1. The Morgan fingerprint density at radius 1 is 1.30 bits per heavy atom. The second kappa shape index (κ2) is 6.24. The first kappa shape index (κ1) is 15.5. The van der Waals surface area contributed by atoms with E-state index in [9.17, 15) is 8.42 Å². The summed E-state index contributed by atoms with van der Waals surface area (Å²) in [7, 11) is -3.43. The van der Waals surface area contributed by atoms with Gasteiger partial charge in [-0.1, -0.05) is 26.0 Å². The van der Waals surface area contributed by atoms with E-state index in [0.29, 0.717) is 23.9 Å². The third kappa shape index (κ3) is 2.90. The Hall–Kier alpha value is -0.910. The fourth-order valence-corrected chi connectivity index (χ4v) is 4.66. The quantitative estimate of drug-likeness (QED) is 0.924. The lowest BCUT2D eigenvalue weighted by Gasteiger charge is -2.38. The van der Waals surface area contributed by atoms with Crippen molar-refractivity contribution in [3.8, 4) is 0 Å². The Kier molecular flexibility index (Phi) is 4.83. The van der Waals surface area contributed by atoms with Gasteiger partial charge in [0.05, 0.1) is 4.90 Å². The van der Waals surface area contributed by atoms with Crippen LogP contribution in [0, 0.1) is 5.92 Å². The lowest BCUT2D eigenvalue weighted by molar-refractivity contribution is 0.192. The van der Waals surface area contributed by atoms with Crippen LogP contribution >= 0.6 is 0 Å². The van der Waals surface area contributed by atoms with Crippen LogP contribution in [0.1, 0.15) is 32.3 Å². The van der Waals surface area contributed by atoms with Crippen LogP contribution in [0.4, 0.5) is 0 Å². The average Bonchev–Trinajstić information content (AvgIpc) is 2.47. The number of piperidine rings is 1. The van der Waals surface area contributed by atoms with Crippen molar-refractivity contribution in [2.45, 2.75) is 44.0 Å². The summed E-state index contributed by atoms with van der Waals surface area (Å²) < 4.78 is 27.1. The fraction of sp³-hybridized carbons (Fsp3) is 0.600. The minimum absolute atomic E-state index is 0.0837. The van der Waals surface area contributed by atoms with Crippen LogP contribution < -0.4 is 5.73 Å². The second-order valence-corrected chi connectivity index (χ2v) is 7.43. The van der Waals surface area contributed by atoms with Gasteiger partial charge < -0.3 is 5.73 Å². The van der Waals surface area contributed by atoms with Gasteiger partial charge in [0.25, 0.3) is 0 Å². The zero-order chi connectivity index (χ0) is 14.8. The molecular formula is C15H24N2O2S. The molecule has 0 bridgehead atoms. The number of nitrogens with zero attached hydrogens (tertiary/aromatic N) is 1. The van der Waals surface area contributed by atoms with Gasteiger partial charge in [0.2, 0.25) is 10.0 Å². The van der Waals surface area contributed by atoms with Crippen LogP contribution in [0.3, 0.4) is 0 Å². The molecule has 2 rings (SSSR count). The molecule has 1 aliphatic rings. The molecule has 1 aliphatic heterocycles. The highest BCUT2D eigenvalue weighted by molar-refractivity contribution is 7.89. The zero-order valence-corrected chi connectivity index (χ0v) is 13.1. The van der Waals surface area contributed by atoms with Gasteiger partial charge in [-0.2, -0.15) is 4.31 Å². The molecule has 20 heavy (non-hydrogen) atoms. The molecule has 2 atom stereocenters. The number of hydrogen-bond donors (Lipinski definition) is 1. The van der Waals surface area contributed by atoms with Crippen molar-refractivity contribution in [2.24, 2.45) is 11.7 Å². The van der Waals surface area contributed by atoms with Crippen molar-refractivity contribution in [1.29, 1.82) is 0 Å². The van der Waals surface area contributed by atoms with E-state index in [1.807, 2.05) is 12.1 Å². The SMILES string of the molecule is CCc1ccc(S(=O)(=O)N2CCCC(C)C2CN)cc1. The van der Waals surface area contributed by atoms with Crippen LogP contribution in [0.5, 0.6) is 0 Å². The standard InChI is InChI=1S/C15H24N2O2S/c1-3-13-6-8-14(9-7-13)20(18,19)17-10-4-5-12(2)15(17)11-16/h6-9,12,15H,3-5,10-11,16H2,1-2H3. The molecule has 4 nitrogen and oxygen atoms in total. The molecule has 2 N–H and O–H groups in total. The third-order valence-electron chi connectivity index (χ3n) is 4.24. The van der Waals surface area contributed by atoms with Crippen LogP contribution in [0.25, 0.3) is 0 Å². The van der Waals surface area contributed by atoms with Crippen molar-refractivity contribution in [2.75, 3.05) is 13.1 Å². The molecule has 1 aromatic carbocycles. The molecule has 0 spiro atoms. The summed E-state index contributed by atoms with van der Waals surface area (Å²) in [5, 5.41) is 0. The summed E-state index contributed by atoms with van der Waals surface area (Å²) >= 11 is 0. The van der Waals surface area contributed by atoms with Crippen LogP contribution in [0.2, 0.25) is 0 Å². The molecular weight excluding hydrogens is 272 g/mol. The number of aryl methyl sites for hydroxylation is 1. The van der Waals surface area contributed by atoms with E-state index in [0.717, 1.165) is 24.8 Å². The van der Waals surface area contributed by atoms with Gasteiger partial charge in [0.1, 0.15) is 0 Å². The largest absolute Gasteiger partial charge is 0.329 e. The van der Waals surface area contributed by atoms with E-state index >= 15 is 0 Å². The average molecular weight is 296 g/mol. The predicted octanol–water partition coefficient (Wildman–Crippen LogP) is 2.00. The molecule has 112 valence electrons. The van der Waals surface area contributed by atoms with Crippen LogP contribution in [-0.4, -0.2) is 31.9 Å². The molecule has 0 saturated carbocycles. The maximum Gasteiger partial charge on any atom is 0.243 e. The van der Waals surface area contributed by atoms with Crippen LogP contribution in [-0.2, 0) is 16.4 Å². The minimum atomic E-state index is -3.43. The highest BCUT2D eigenvalue weighted by Gasteiger charge is 2.36. The second-order valence-electron chi connectivity index (χ2n) is 5.54. The van der Waals surface area contributed by atoms with Gasteiger partial charge in [-0.05, 0) is 42.9 Å². The summed E-state index contributed by atoms with van der Waals surface area (Å²) in [6.45, 7) is 5.09. The summed E-state index contributed by atoms with van der Waals surface area (Å²) in [6, 6.07) is 7.11. The van der Waals surface area contributed by atoms with Crippen molar-refractivity contribution in [1.82, 2.24) is 4.31 Å². The van der Waals surface area contributed by atoms with E-state index in [-0.39, 0.29) is 6.04 Å². The predicted molar refractivity (Wildman–Crippen MR) is 81.0 cm³/mol. The van der Waals surface area contributed by atoms with Crippen molar-refractivity contribution in [3.63, 3.8) is 0 Å². The van der Waals surface area contributed by atoms with Gasteiger partial charge in [-0.15, -0.1) is 0 Å². The van der Waals surface area contributed by atoms with E-state index in [1.54, 1.807) is 16.4 Å². The lowest BCUT2D eigenvalue weighted by atomic mass is 9.93. The molecule has 1 fully saturated rings. The van der Waals surface area contributed by atoms with E-state index in [2.05, 4.69) is 13.8 Å². The molecule has 5 heteroatoms. The number of nitrogens with two attached hydrogens (primary N) is 1. The Labute approximate surface area is 122 Å². The first-order valence-electron chi connectivity index (χ1n) is 7.31. The summed E-state index contributed by atoms with van der Waals surface area (Å²) in [5.74, 6) is 0.318. The van der Waals surface area contributed by atoms with E-state index < -0.39 is 10.0 Å². The Bertz CT molecular complexity index is 539. The normalized spacial score (nSPS) is 24.8. The summed E-state index contributed by atoms with van der Waals surface area (Å²) in [6.07, 6.45) is 2.86.